The zero-order valence-electron chi connectivity index (χ0n) is 14.0. The van der Waals surface area contributed by atoms with Crippen molar-refractivity contribution in [3.05, 3.63) is 29.8 Å². The zero-order chi connectivity index (χ0) is 17.1. The highest BCUT2D eigenvalue weighted by Gasteiger charge is 2.44. The van der Waals surface area contributed by atoms with E-state index in [0.717, 1.165) is 11.3 Å². The lowest BCUT2D eigenvalue weighted by atomic mass is 9.69. The number of aliphatic carboxylic acids is 1. The number of rotatable bonds is 6. The Morgan fingerprint density at radius 1 is 1.22 bits per heavy atom. The minimum Gasteiger partial charge on any atom is -0.481 e. The molecule has 1 fully saturated rings. The molecular formula is C18H25NO3S. The Kier molecular flexibility index (Phi) is 5.40. The largest absolute Gasteiger partial charge is 0.481 e. The molecule has 2 rings (SSSR count). The quantitative estimate of drug-likeness (QED) is 0.782. The van der Waals surface area contributed by atoms with Crippen LogP contribution < -0.4 is 5.32 Å². The minimum atomic E-state index is -0.797. The summed E-state index contributed by atoms with van der Waals surface area (Å²) in [6.45, 7) is 6.74. The predicted molar refractivity (Wildman–Crippen MR) is 92.8 cm³/mol. The van der Waals surface area contributed by atoms with Crippen molar-refractivity contribution in [2.24, 2.45) is 5.41 Å². The van der Waals surface area contributed by atoms with Crippen molar-refractivity contribution in [1.82, 2.24) is 5.32 Å². The molecule has 0 atom stereocenters. The van der Waals surface area contributed by atoms with Gasteiger partial charge in [-0.15, -0.1) is 11.8 Å². The fourth-order valence-corrected chi connectivity index (χ4v) is 3.32. The Hall–Kier alpha value is -1.49. The smallest absolute Gasteiger partial charge is 0.311 e. The van der Waals surface area contributed by atoms with E-state index in [1.807, 2.05) is 12.1 Å². The first kappa shape index (κ1) is 17.9. The van der Waals surface area contributed by atoms with Crippen LogP contribution >= 0.6 is 11.8 Å². The number of nitrogens with one attached hydrogen (secondary N) is 1. The zero-order valence-corrected chi connectivity index (χ0v) is 14.8. The van der Waals surface area contributed by atoms with Crippen LogP contribution in [0.2, 0.25) is 0 Å². The van der Waals surface area contributed by atoms with E-state index in [4.69, 9.17) is 0 Å². The lowest BCUT2D eigenvalue weighted by molar-refractivity contribution is -0.154. The Balaban J connectivity index is 1.79. The molecule has 0 spiro atoms. The third-order valence-electron chi connectivity index (χ3n) is 4.48. The summed E-state index contributed by atoms with van der Waals surface area (Å²) in [4.78, 5) is 24.2. The van der Waals surface area contributed by atoms with Gasteiger partial charge in [0, 0.05) is 11.4 Å². The summed E-state index contributed by atoms with van der Waals surface area (Å²) in [6.07, 6.45) is 2.24. The predicted octanol–water partition coefficient (Wildman–Crippen LogP) is 3.45. The topological polar surface area (TPSA) is 66.4 Å². The van der Waals surface area contributed by atoms with Crippen LogP contribution in [-0.2, 0) is 15.0 Å². The van der Waals surface area contributed by atoms with E-state index in [2.05, 4.69) is 38.2 Å². The molecule has 1 saturated carbocycles. The molecule has 0 saturated heterocycles. The molecule has 5 heteroatoms. The molecular weight excluding hydrogens is 310 g/mol. The monoisotopic (exact) mass is 335 g/mol. The first-order chi connectivity index (χ1) is 10.7. The number of benzene rings is 1. The second-order valence-corrected chi connectivity index (χ2v) is 8.33. The average molecular weight is 335 g/mol. The summed E-state index contributed by atoms with van der Waals surface area (Å²) in [5.41, 5.74) is 0.656. The molecule has 0 heterocycles. The number of carbonyl (C=O) groups excluding carboxylic acids is 1. The first-order valence-corrected chi connectivity index (χ1v) is 8.95. The van der Waals surface area contributed by atoms with Gasteiger partial charge in [-0.1, -0.05) is 39.3 Å². The van der Waals surface area contributed by atoms with Gasteiger partial charge in [0.1, 0.15) is 0 Å². The van der Waals surface area contributed by atoms with Crippen LogP contribution in [0.1, 0.15) is 45.6 Å². The highest BCUT2D eigenvalue weighted by Crippen LogP contribution is 2.40. The van der Waals surface area contributed by atoms with Crippen LogP contribution in [0.4, 0.5) is 0 Å². The highest BCUT2D eigenvalue weighted by molar-refractivity contribution is 8.00. The Morgan fingerprint density at radius 3 is 2.26 bits per heavy atom. The second kappa shape index (κ2) is 6.95. The minimum absolute atomic E-state index is 0.109. The molecule has 1 amide bonds. The van der Waals surface area contributed by atoms with Gasteiger partial charge in [-0.25, -0.2) is 0 Å². The molecule has 0 radical (unpaired) electrons. The van der Waals surface area contributed by atoms with Gasteiger partial charge < -0.3 is 10.4 Å². The molecule has 2 N–H and O–H groups in total. The maximum atomic E-state index is 11.9. The van der Waals surface area contributed by atoms with Crippen LogP contribution in [0, 0.1) is 5.41 Å². The molecule has 23 heavy (non-hydrogen) atoms. The number of hydrogen-bond acceptors (Lipinski definition) is 3. The van der Waals surface area contributed by atoms with Gasteiger partial charge >= 0.3 is 5.97 Å². The summed E-state index contributed by atoms with van der Waals surface area (Å²) >= 11 is 1.47. The molecule has 0 bridgehead atoms. The second-order valence-electron chi connectivity index (χ2n) is 7.28. The maximum absolute atomic E-state index is 11.9. The van der Waals surface area contributed by atoms with Crippen molar-refractivity contribution in [1.29, 1.82) is 0 Å². The first-order valence-electron chi connectivity index (χ1n) is 7.96. The van der Waals surface area contributed by atoms with Gasteiger partial charge in [-0.05, 0) is 36.0 Å². The SMILES string of the molecule is CC(C)(C)c1ccc(SCC(=O)NCC2(C(=O)O)CCC2)cc1. The normalized spacial score (nSPS) is 16.5. The summed E-state index contributed by atoms with van der Waals surface area (Å²) < 4.78 is 0. The Bertz CT molecular complexity index is 571. The molecule has 1 aromatic carbocycles. The fraction of sp³-hybridized carbons (Fsp3) is 0.556. The molecule has 0 aliphatic heterocycles. The van der Waals surface area contributed by atoms with Crippen LogP contribution in [0.3, 0.4) is 0 Å². The molecule has 4 nitrogen and oxygen atoms in total. The van der Waals surface area contributed by atoms with Gasteiger partial charge in [0.25, 0.3) is 0 Å². The van der Waals surface area contributed by atoms with Crippen molar-refractivity contribution >= 4 is 23.6 Å². The Morgan fingerprint density at radius 2 is 1.83 bits per heavy atom. The third kappa shape index (κ3) is 4.50. The van der Waals surface area contributed by atoms with E-state index in [1.54, 1.807) is 0 Å². The summed E-state index contributed by atoms with van der Waals surface area (Å²) in [5, 5.41) is 12.0. The van der Waals surface area contributed by atoms with E-state index < -0.39 is 11.4 Å². The number of thioether (sulfide) groups is 1. The number of carboxylic acid groups (broad SMARTS) is 1. The average Bonchev–Trinajstić information content (AvgIpc) is 2.43. The van der Waals surface area contributed by atoms with E-state index in [-0.39, 0.29) is 17.9 Å². The highest BCUT2D eigenvalue weighted by atomic mass is 32.2. The number of carbonyl (C=O) groups is 2. The summed E-state index contributed by atoms with van der Waals surface area (Å²) in [5.74, 6) is -0.596. The van der Waals surface area contributed by atoms with Gasteiger partial charge in [-0.2, -0.15) is 0 Å². The van der Waals surface area contributed by atoms with E-state index in [9.17, 15) is 14.7 Å². The molecule has 1 aliphatic carbocycles. The maximum Gasteiger partial charge on any atom is 0.311 e. The Labute approximate surface area is 142 Å². The third-order valence-corrected chi connectivity index (χ3v) is 5.49. The van der Waals surface area contributed by atoms with Gasteiger partial charge in [0.15, 0.2) is 0 Å². The number of amides is 1. The van der Waals surface area contributed by atoms with E-state index >= 15 is 0 Å². The van der Waals surface area contributed by atoms with Crippen molar-refractivity contribution in [3.8, 4) is 0 Å². The molecule has 1 aliphatic rings. The van der Waals surface area contributed by atoms with Crippen LogP contribution in [-0.4, -0.2) is 29.3 Å². The van der Waals surface area contributed by atoms with Crippen molar-refractivity contribution < 1.29 is 14.7 Å². The summed E-state index contributed by atoms with van der Waals surface area (Å²) in [7, 11) is 0. The van der Waals surface area contributed by atoms with E-state index in [0.29, 0.717) is 18.6 Å². The van der Waals surface area contributed by atoms with Gasteiger partial charge in [0.05, 0.1) is 11.2 Å². The van der Waals surface area contributed by atoms with Crippen LogP contribution in [0.15, 0.2) is 29.2 Å². The molecule has 126 valence electrons. The molecule has 0 aromatic heterocycles. The number of hydrogen-bond donors (Lipinski definition) is 2. The van der Waals surface area contributed by atoms with Crippen molar-refractivity contribution in [3.63, 3.8) is 0 Å². The van der Waals surface area contributed by atoms with Crippen LogP contribution in [0.5, 0.6) is 0 Å². The van der Waals surface area contributed by atoms with Crippen molar-refractivity contribution in [2.45, 2.75) is 50.3 Å². The fourth-order valence-electron chi connectivity index (χ4n) is 2.59. The molecule has 0 unspecified atom stereocenters. The lowest BCUT2D eigenvalue weighted by Gasteiger charge is -2.37. The molecule has 1 aromatic rings. The van der Waals surface area contributed by atoms with Gasteiger partial charge in [0.2, 0.25) is 5.91 Å². The van der Waals surface area contributed by atoms with Crippen molar-refractivity contribution in [2.75, 3.05) is 12.3 Å². The summed E-state index contributed by atoms with van der Waals surface area (Å²) in [6, 6.07) is 8.24. The van der Waals surface area contributed by atoms with Gasteiger partial charge in [-0.3, -0.25) is 9.59 Å². The van der Waals surface area contributed by atoms with E-state index in [1.165, 1.54) is 17.3 Å². The number of carboxylic acids is 1. The lowest BCUT2D eigenvalue weighted by Crippen LogP contribution is -2.47. The van der Waals surface area contributed by atoms with Crippen LogP contribution in [0.25, 0.3) is 0 Å². The standard InChI is InChI=1S/C18H25NO3S/c1-17(2,3)13-5-7-14(8-6-13)23-11-15(20)19-12-18(16(21)22)9-4-10-18/h5-8H,4,9-12H2,1-3H3,(H,19,20)(H,21,22).